The summed E-state index contributed by atoms with van der Waals surface area (Å²) in [7, 11) is 1.48. The van der Waals surface area contributed by atoms with Crippen LogP contribution in [0.4, 0.5) is 4.39 Å². The lowest BCUT2D eigenvalue weighted by molar-refractivity contribution is -0.127. The summed E-state index contributed by atoms with van der Waals surface area (Å²) in [6.07, 6.45) is 9.73. The van der Waals surface area contributed by atoms with Crippen LogP contribution in [0.2, 0.25) is 0 Å². The number of hydrogen-bond donors (Lipinski definition) is 3. The number of aromatic nitrogens is 2. The van der Waals surface area contributed by atoms with Crippen molar-refractivity contribution in [3.05, 3.63) is 71.5 Å². The monoisotopic (exact) mass is 414 g/mol. The van der Waals surface area contributed by atoms with Crippen LogP contribution >= 0.6 is 0 Å². The second kappa shape index (κ2) is 9.87. The summed E-state index contributed by atoms with van der Waals surface area (Å²) in [5, 5.41) is 4.80. The number of nitrogens with zero attached hydrogens (tertiary/aromatic N) is 1. The van der Waals surface area contributed by atoms with Crippen LogP contribution in [0.25, 0.3) is 6.08 Å². The van der Waals surface area contributed by atoms with Crippen molar-refractivity contribution in [2.45, 2.75) is 32.6 Å². The van der Waals surface area contributed by atoms with Crippen molar-refractivity contribution < 1.29 is 18.7 Å². The zero-order chi connectivity index (χ0) is 22.3. The van der Waals surface area contributed by atoms with E-state index in [0.29, 0.717) is 12.2 Å². The van der Waals surface area contributed by atoms with Crippen molar-refractivity contribution in [2.75, 3.05) is 13.7 Å². The van der Waals surface area contributed by atoms with Gasteiger partial charge in [-0.1, -0.05) is 27.4 Å². The maximum Gasteiger partial charge on any atom is 0.268 e. The number of allylic oxidation sites excluding steroid dienone is 6. The Kier molecular flexibility index (Phi) is 7.52. The van der Waals surface area contributed by atoms with Gasteiger partial charge in [0, 0.05) is 16.7 Å². The van der Waals surface area contributed by atoms with Gasteiger partial charge < -0.3 is 20.4 Å². The minimum atomic E-state index is -0.469. The van der Waals surface area contributed by atoms with Crippen LogP contribution in [0.5, 0.6) is 0 Å². The summed E-state index contributed by atoms with van der Waals surface area (Å²) in [5.74, 6) is -0.755. The van der Waals surface area contributed by atoms with Crippen molar-refractivity contribution >= 4 is 17.9 Å². The fraction of sp³-hybridized carbons (Fsp3) is 0.318. The number of hydrogen-bond acceptors (Lipinski definition) is 4. The summed E-state index contributed by atoms with van der Waals surface area (Å²) < 4.78 is 18.9. The molecule has 1 fully saturated rings. The molecule has 2 aliphatic rings. The predicted molar refractivity (Wildman–Crippen MR) is 114 cm³/mol. The van der Waals surface area contributed by atoms with Gasteiger partial charge in [-0.3, -0.25) is 9.59 Å². The quantitative estimate of drug-likeness (QED) is 0.662. The van der Waals surface area contributed by atoms with E-state index in [2.05, 4.69) is 48.0 Å². The number of ether oxygens (including phenoxy) is 1. The van der Waals surface area contributed by atoms with Gasteiger partial charge in [0.25, 0.3) is 5.91 Å². The summed E-state index contributed by atoms with van der Waals surface area (Å²) in [6, 6.07) is 0. The molecule has 1 aromatic rings. The van der Waals surface area contributed by atoms with Crippen molar-refractivity contribution in [1.29, 1.82) is 0 Å². The minimum Gasteiger partial charge on any atom is -0.497 e. The van der Waals surface area contributed by atoms with Crippen LogP contribution in [-0.2, 0) is 19.7 Å². The Hall–Kier alpha value is -3.42. The molecule has 2 heterocycles. The smallest absolute Gasteiger partial charge is 0.268 e. The lowest BCUT2D eigenvalue weighted by Crippen LogP contribution is -2.47. The number of amides is 2. The predicted octanol–water partition coefficient (Wildman–Crippen LogP) is 3.18. The normalized spacial score (nSPS) is 18.0. The average molecular weight is 414 g/mol. The molecule has 30 heavy (non-hydrogen) atoms. The summed E-state index contributed by atoms with van der Waals surface area (Å²) in [4.78, 5) is 30.0. The van der Waals surface area contributed by atoms with Gasteiger partial charge in [-0.2, -0.15) is 0 Å². The van der Waals surface area contributed by atoms with E-state index >= 15 is 0 Å². The minimum absolute atomic E-state index is 0.0170. The van der Waals surface area contributed by atoms with E-state index in [9.17, 15) is 14.0 Å². The Balaban J connectivity index is 0.000000248. The number of rotatable bonds is 3. The summed E-state index contributed by atoms with van der Waals surface area (Å²) >= 11 is 0. The average Bonchev–Trinajstić information content (AvgIpc) is 3.12. The van der Waals surface area contributed by atoms with E-state index in [4.69, 9.17) is 4.74 Å². The van der Waals surface area contributed by atoms with Gasteiger partial charge in [0.2, 0.25) is 5.91 Å². The fourth-order valence-electron chi connectivity index (χ4n) is 2.75. The zero-order valence-corrected chi connectivity index (χ0v) is 17.6. The second-order valence-electron chi connectivity index (χ2n) is 7.60. The van der Waals surface area contributed by atoms with Crippen LogP contribution < -0.4 is 10.6 Å². The molecule has 1 saturated heterocycles. The highest BCUT2D eigenvalue weighted by atomic mass is 19.1. The first-order valence-electron chi connectivity index (χ1n) is 9.43. The van der Waals surface area contributed by atoms with E-state index < -0.39 is 11.7 Å². The number of halogens is 1. The van der Waals surface area contributed by atoms with Crippen molar-refractivity contribution in [3.63, 3.8) is 0 Å². The molecule has 0 atom stereocenters. The summed E-state index contributed by atoms with van der Waals surface area (Å²) in [6.45, 7) is 10.1. The Labute approximate surface area is 175 Å². The number of carbonyl (C=O) groups excluding carboxylic acids is 2. The van der Waals surface area contributed by atoms with Gasteiger partial charge in [-0.05, 0) is 36.8 Å². The van der Waals surface area contributed by atoms with E-state index in [1.807, 2.05) is 0 Å². The molecular weight excluding hydrogens is 387 g/mol. The highest BCUT2D eigenvalue weighted by Gasteiger charge is 2.21. The maximum absolute atomic E-state index is 13.8. The molecule has 1 aromatic heterocycles. The molecule has 1 aliphatic heterocycles. The highest BCUT2D eigenvalue weighted by Crippen LogP contribution is 2.23. The van der Waals surface area contributed by atoms with Gasteiger partial charge in [-0.15, -0.1) is 0 Å². The zero-order valence-electron chi connectivity index (χ0n) is 17.6. The maximum atomic E-state index is 13.8. The first kappa shape index (κ1) is 22.9. The molecule has 3 N–H and O–H groups in total. The molecule has 0 aromatic carbocycles. The van der Waals surface area contributed by atoms with Crippen LogP contribution in [0.15, 0.2) is 60.1 Å². The molecular formula is C22H27FN4O3. The Bertz CT molecular complexity index is 946. The molecule has 0 saturated carbocycles. The third kappa shape index (κ3) is 6.04. The number of carbonyl (C=O) groups is 2. The van der Waals surface area contributed by atoms with Gasteiger partial charge >= 0.3 is 0 Å². The Morgan fingerprint density at radius 1 is 1.27 bits per heavy atom. The SMILES string of the molecule is C=Cc1nc[nH]c1C(C)(C)C.COC1=CCC=C(F)C(/C=C2\NC(=O)CNC2=O)=C1. The van der Waals surface area contributed by atoms with Crippen LogP contribution in [-0.4, -0.2) is 35.4 Å². The molecule has 8 heteroatoms. The fourth-order valence-corrected chi connectivity index (χ4v) is 2.75. The summed E-state index contributed by atoms with van der Waals surface area (Å²) in [5.41, 5.74) is 2.42. The number of imidazole rings is 1. The van der Waals surface area contributed by atoms with Gasteiger partial charge in [-0.25, -0.2) is 9.37 Å². The van der Waals surface area contributed by atoms with Gasteiger partial charge in [0.15, 0.2) is 0 Å². The lowest BCUT2D eigenvalue weighted by Gasteiger charge is -2.16. The van der Waals surface area contributed by atoms with Crippen LogP contribution in [0.1, 0.15) is 38.6 Å². The lowest BCUT2D eigenvalue weighted by atomic mass is 9.91. The largest absolute Gasteiger partial charge is 0.497 e. The Morgan fingerprint density at radius 2 is 2.00 bits per heavy atom. The topological polar surface area (TPSA) is 96.1 Å². The first-order chi connectivity index (χ1) is 14.2. The molecule has 0 spiro atoms. The number of nitrogens with one attached hydrogen (secondary N) is 3. The molecule has 7 nitrogen and oxygen atoms in total. The van der Waals surface area contributed by atoms with Crippen molar-refractivity contribution in [3.8, 4) is 0 Å². The molecule has 160 valence electrons. The third-order valence-electron chi connectivity index (χ3n) is 4.27. The number of H-pyrrole nitrogens is 1. The van der Waals surface area contributed by atoms with E-state index in [-0.39, 0.29) is 29.1 Å². The molecule has 3 rings (SSSR count). The number of piperazine rings is 1. The number of aromatic amines is 1. The molecule has 1 aliphatic carbocycles. The van der Waals surface area contributed by atoms with Gasteiger partial charge in [0.05, 0.1) is 25.7 Å². The Morgan fingerprint density at radius 3 is 2.60 bits per heavy atom. The molecule has 0 radical (unpaired) electrons. The first-order valence-corrected chi connectivity index (χ1v) is 9.43. The van der Waals surface area contributed by atoms with E-state index in [1.165, 1.54) is 25.3 Å². The second-order valence-corrected chi connectivity index (χ2v) is 7.60. The van der Waals surface area contributed by atoms with Crippen molar-refractivity contribution in [1.82, 2.24) is 20.6 Å². The van der Waals surface area contributed by atoms with Crippen LogP contribution in [0, 0.1) is 0 Å². The van der Waals surface area contributed by atoms with E-state index in [1.54, 1.807) is 18.5 Å². The number of methoxy groups -OCH3 is 1. The highest BCUT2D eigenvalue weighted by molar-refractivity contribution is 6.03. The molecule has 0 unspecified atom stereocenters. The molecule has 2 amide bonds. The van der Waals surface area contributed by atoms with Gasteiger partial charge in [0.1, 0.15) is 17.3 Å². The standard InChI is InChI=1S/C13H13FN2O3.C9H14N2/c1-19-9-3-2-4-10(14)8(5-9)6-11-13(18)15-7-12(17)16-11;1-5-7-8(9(2,3)4)11-6-10-7/h3-6H,2,7H2,1H3,(H,15,18)(H,16,17);5-6H,1H2,2-4H3,(H,10,11)/b11-6-;. The van der Waals surface area contributed by atoms with Crippen LogP contribution in [0.3, 0.4) is 0 Å². The third-order valence-corrected chi connectivity index (χ3v) is 4.27. The molecule has 0 bridgehead atoms. The van der Waals surface area contributed by atoms with E-state index in [0.717, 1.165) is 11.4 Å². The van der Waals surface area contributed by atoms with Crippen molar-refractivity contribution in [2.24, 2.45) is 0 Å².